The lowest BCUT2D eigenvalue weighted by Gasteiger charge is -2.30. The molecule has 5 heteroatoms. The maximum absolute atomic E-state index is 12.3. The number of nitrogens with two attached hydrogens (primary N) is 1. The fourth-order valence-corrected chi connectivity index (χ4v) is 3.19. The number of amides is 2. The van der Waals surface area contributed by atoms with Crippen LogP contribution in [0.25, 0.3) is 0 Å². The number of rotatable bonds is 4. The zero-order chi connectivity index (χ0) is 16.3. The van der Waals surface area contributed by atoms with Crippen molar-refractivity contribution in [2.75, 3.05) is 25.0 Å². The number of carbonyl (C=O) groups is 2. The van der Waals surface area contributed by atoms with Crippen molar-refractivity contribution in [1.82, 2.24) is 4.90 Å². The van der Waals surface area contributed by atoms with Crippen molar-refractivity contribution < 1.29 is 9.59 Å². The van der Waals surface area contributed by atoms with Gasteiger partial charge in [0.2, 0.25) is 11.8 Å². The molecule has 1 heterocycles. The minimum atomic E-state index is -0.268. The molecular weight excluding hydrogens is 278 g/mol. The monoisotopic (exact) mass is 303 g/mol. The molecule has 1 aliphatic heterocycles. The van der Waals surface area contributed by atoms with Crippen molar-refractivity contribution in [3.05, 3.63) is 28.8 Å². The number of benzene rings is 1. The van der Waals surface area contributed by atoms with E-state index in [1.54, 1.807) is 0 Å². The smallest absolute Gasteiger partial charge is 0.238 e. The second-order valence-electron chi connectivity index (χ2n) is 6.30. The van der Waals surface area contributed by atoms with E-state index in [4.69, 9.17) is 5.73 Å². The minimum Gasteiger partial charge on any atom is -0.369 e. The number of anilines is 1. The second-order valence-corrected chi connectivity index (χ2v) is 6.30. The molecule has 0 bridgehead atoms. The first-order valence-corrected chi connectivity index (χ1v) is 7.76. The van der Waals surface area contributed by atoms with E-state index < -0.39 is 0 Å². The zero-order valence-electron chi connectivity index (χ0n) is 13.6. The third-order valence-corrected chi connectivity index (χ3v) is 4.22. The highest BCUT2D eigenvalue weighted by molar-refractivity contribution is 5.93. The molecule has 2 amide bonds. The van der Waals surface area contributed by atoms with E-state index in [1.165, 1.54) is 5.56 Å². The van der Waals surface area contributed by atoms with Gasteiger partial charge in [0.15, 0.2) is 0 Å². The highest BCUT2D eigenvalue weighted by Crippen LogP contribution is 2.22. The summed E-state index contributed by atoms with van der Waals surface area (Å²) in [6, 6.07) is 4.12. The zero-order valence-corrected chi connectivity index (χ0v) is 13.6. The van der Waals surface area contributed by atoms with E-state index in [2.05, 4.69) is 17.4 Å². The van der Waals surface area contributed by atoms with Crippen LogP contribution in [0.2, 0.25) is 0 Å². The largest absolute Gasteiger partial charge is 0.369 e. The Balaban J connectivity index is 1.97. The molecule has 2 rings (SSSR count). The number of nitrogens with one attached hydrogen (secondary N) is 1. The predicted octanol–water partition coefficient (Wildman–Crippen LogP) is 1.75. The third kappa shape index (κ3) is 4.07. The Hall–Kier alpha value is -1.88. The van der Waals surface area contributed by atoms with Crippen molar-refractivity contribution in [2.45, 2.75) is 33.6 Å². The van der Waals surface area contributed by atoms with E-state index in [0.29, 0.717) is 13.1 Å². The molecule has 0 saturated carbocycles. The number of carbonyl (C=O) groups excluding carboxylic acids is 2. The van der Waals surface area contributed by atoms with Gasteiger partial charge >= 0.3 is 0 Å². The van der Waals surface area contributed by atoms with Crippen molar-refractivity contribution in [2.24, 2.45) is 11.7 Å². The first kappa shape index (κ1) is 16.5. The fourth-order valence-electron chi connectivity index (χ4n) is 3.19. The van der Waals surface area contributed by atoms with Gasteiger partial charge in [0.25, 0.3) is 0 Å². The highest BCUT2D eigenvalue weighted by Gasteiger charge is 2.25. The van der Waals surface area contributed by atoms with Gasteiger partial charge in [-0.3, -0.25) is 14.5 Å². The summed E-state index contributed by atoms with van der Waals surface area (Å²) < 4.78 is 0. The Bertz CT molecular complexity index is 560. The molecule has 22 heavy (non-hydrogen) atoms. The molecule has 5 nitrogen and oxygen atoms in total. The van der Waals surface area contributed by atoms with Crippen LogP contribution in [-0.2, 0) is 9.59 Å². The van der Waals surface area contributed by atoms with Crippen LogP contribution in [0, 0.1) is 26.7 Å². The molecule has 0 spiro atoms. The van der Waals surface area contributed by atoms with E-state index >= 15 is 0 Å². The Kier molecular flexibility index (Phi) is 5.19. The number of hydrogen-bond donors (Lipinski definition) is 2. The van der Waals surface area contributed by atoms with Crippen molar-refractivity contribution in [1.29, 1.82) is 0 Å². The Labute approximate surface area is 131 Å². The molecule has 3 N–H and O–H groups in total. The average Bonchev–Trinajstić information content (AvgIpc) is 2.43. The SMILES string of the molecule is Cc1cc(C)c(NC(=O)CN2CCC[C@H](C(N)=O)C2)c(C)c1. The van der Waals surface area contributed by atoms with E-state index in [-0.39, 0.29) is 17.7 Å². The normalized spacial score (nSPS) is 19.0. The number of hydrogen-bond acceptors (Lipinski definition) is 3. The predicted molar refractivity (Wildman–Crippen MR) is 87.6 cm³/mol. The van der Waals surface area contributed by atoms with Crippen molar-refractivity contribution in [3.63, 3.8) is 0 Å². The van der Waals surface area contributed by atoms with Crippen LogP contribution in [-0.4, -0.2) is 36.3 Å². The lowest BCUT2D eigenvalue weighted by atomic mass is 9.97. The average molecular weight is 303 g/mol. The standard InChI is InChI=1S/C17H25N3O2/c1-11-7-12(2)16(13(3)8-11)19-15(21)10-20-6-4-5-14(9-20)17(18)22/h7-8,14H,4-6,9-10H2,1-3H3,(H2,18,22)(H,19,21)/t14-/m0/s1. The summed E-state index contributed by atoms with van der Waals surface area (Å²) in [5, 5.41) is 3.00. The van der Waals surface area contributed by atoms with Gasteiger partial charge in [-0.15, -0.1) is 0 Å². The summed E-state index contributed by atoms with van der Waals surface area (Å²) in [4.78, 5) is 25.6. The summed E-state index contributed by atoms with van der Waals surface area (Å²) in [7, 11) is 0. The summed E-state index contributed by atoms with van der Waals surface area (Å²) in [6.07, 6.45) is 1.73. The molecule has 0 unspecified atom stereocenters. The highest BCUT2D eigenvalue weighted by atomic mass is 16.2. The first-order chi connectivity index (χ1) is 10.4. The van der Waals surface area contributed by atoms with Gasteiger partial charge in [-0.2, -0.15) is 0 Å². The van der Waals surface area contributed by atoms with Crippen LogP contribution in [0.15, 0.2) is 12.1 Å². The Morgan fingerprint density at radius 1 is 1.27 bits per heavy atom. The van der Waals surface area contributed by atoms with Gasteiger partial charge in [-0.05, 0) is 51.3 Å². The van der Waals surface area contributed by atoms with Gasteiger partial charge in [-0.25, -0.2) is 0 Å². The summed E-state index contributed by atoms with van der Waals surface area (Å²) >= 11 is 0. The molecule has 0 radical (unpaired) electrons. The maximum atomic E-state index is 12.3. The van der Waals surface area contributed by atoms with Crippen LogP contribution < -0.4 is 11.1 Å². The number of aryl methyl sites for hydroxylation is 3. The van der Waals surface area contributed by atoms with Gasteiger partial charge in [0.1, 0.15) is 0 Å². The lowest BCUT2D eigenvalue weighted by molar-refractivity contribution is -0.125. The molecule has 1 aliphatic rings. The van der Waals surface area contributed by atoms with Crippen LogP contribution in [0.5, 0.6) is 0 Å². The molecule has 1 aromatic rings. The first-order valence-electron chi connectivity index (χ1n) is 7.76. The van der Waals surface area contributed by atoms with Gasteiger partial charge in [0.05, 0.1) is 12.5 Å². The number of nitrogens with zero attached hydrogens (tertiary/aromatic N) is 1. The minimum absolute atomic E-state index is 0.0415. The molecule has 1 aromatic carbocycles. The molecule has 1 fully saturated rings. The summed E-state index contributed by atoms with van der Waals surface area (Å²) in [5.41, 5.74) is 9.59. The number of piperidine rings is 1. The van der Waals surface area contributed by atoms with E-state index in [9.17, 15) is 9.59 Å². The van der Waals surface area contributed by atoms with E-state index in [1.807, 2.05) is 25.7 Å². The van der Waals surface area contributed by atoms with Gasteiger partial charge in [0, 0.05) is 12.2 Å². The number of likely N-dealkylation sites (tertiary alicyclic amines) is 1. The quantitative estimate of drug-likeness (QED) is 0.889. The fraction of sp³-hybridized carbons (Fsp3) is 0.529. The molecule has 1 saturated heterocycles. The Morgan fingerprint density at radius 3 is 2.50 bits per heavy atom. The molecular formula is C17H25N3O2. The van der Waals surface area contributed by atoms with Crippen LogP contribution in [0.4, 0.5) is 5.69 Å². The molecule has 0 aliphatic carbocycles. The van der Waals surface area contributed by atoms with E-state index in [0.717, 1.165) is 36.2 Å². The number of primary amides is 1. The molecule has 0 aromatic heterocycles. The van der Waals surface area contributed by atoms with Crippen LogP contribution in [0.3, 0.4) is 0 Å². The summed E-state index contributed by atoms with van der Waals surface area (Å²) in [5.74, 6) is -0.445. The molecule has 120 valence electrons. The second kappa shape index (κ2) is 6.92. The lowest BCUT2D eigenvalue weighted by Crippen LogP contribution is -2.44. The van der Waals surface area contributed by atoms with Crippen molar-refractivity contribution >= 4 is 17.5 Å². The van der Waals surface area contributed by atoms with Crippen LogP contribution in [0.1, 0.15) is 29.5 Å². The summed E-state index contributed by atoms with van der Waals surface area (Å²) in [6.45, 7) is 7.76. The third-order valence-electron chi connectivity index (χ3n) is 4.22. The maximum Gasteiger partial charge on any atom is 0.238 e. The van der Waals surface area contributed by atoms with Gasteiger partial charge < -0.3 is 11.1 Å². The Morgan fingerprint density at radius 2 is 1.91 bits per heavy atom. The molecule has 1 atom stereocenters. The topological polar surface area (TPSA) is 75.4 Å². The van der Waals surface area contributed by atoms with Gasteiger partial charge in [-0.1, -0.05) is 17.7 Å². The van der Waals surface area contributed by atoms with Crippen molar-refractivity contribution in [3.8, 4) is 0 Å². The van der Waals surface area contributed by atoms with Crippen LogP contribution >= 0.6 is 0 Å².